The quantitative estimate of drug-likeness (QED) is 0.319. The molecule has 0 aromatic heterocycles. The standard InChI is InChI=1S/C23H14BrF2NO3/c24-15-8-6-14(7-9-15)21(28)19-20(13-4-2-1-3-5-13)27(23(30)22(19)29)18-11-10-16(25)12-17(18)26/h1-12,20,28H/b21-19+. The van der Waals surface area contributed by atoms with E-state index in [0.29, 0.717) is 17.2 Å². The minimum absolute atomic E-state index is 0.169. The molecule has 1 unspecified atom stereocenters. The van der Waals surface area contributed by atoms with Crippen molar-refractivity contribution in [2.24, 2.45) is 0 Å². The van der Waals surface area contributed by atoms with Gasteiger partial charge < -0.3 is 5.11 Å². The Morgan fingerprint density at radius 3 is 2.23 bits per heavy atom. The molecule has 1 N–H and O–H groups in total. The molecule has 7 heteroatoms. The predicted octanol–water partition coefficient (Wildman–Crippen LogP) is 5.35. The van der Waals surface area contributed by atoms with Crippen LogP contribution < -0.4 is 4.90 Å². The largest absolute Gasteiger partial charge is 0.507 e. The van der Waals surface area contributed by atoms with Gasteiger partial charge in [0, 0.05) is 16.1 Å². The highest BCUT2D eigenvalue weighted by molar-refractivity contribution is 9.10. The van der Waals surface area contributed by atoms with E-state index in [2.05, 4.69) is 15.9 Å². The highest BCUT2D eigenvalue weighted by Crippen LogP contribution is 2.42. The maximum absolute atomic E-state index is 14.6. The van der Waals surface area contributed by atoms with Gasteiger partial charge in [-0.2, -0.15) is 0 Å². The Balaban J connectivity index is 1.96. The van der Waals surface area contributed by atoms with E-state index in [9.17, 15) is 23.5 Å². The van der Waals surface area contributed by atoms with Crippen molar-refractivity contribution in [2.45, 2.75) is 6.04 Å². The molecule has 0 spiro atoms. The number of Topliss-reactive ketones (excluding diaryl/α,β-unsaturated/α-hetero) is 1. The normalized spacial score (nSPS) is 18.1. The third kappa shape index (κ3) is 3.41. The van der Waals surface area contributed by atoms with Crippen LogP contribution in [0.4, 0.5) is 14.5 Å². The second kappa shape index (κ2) is 7.84. The van der Waals surface area contributed by atoms with Crippen LogP contribution >= 0.6 is 15.9 Å². The topological polar surface area (TPSA) is 57.6 Å². The molecule has 1 aliphatic rings. The summed E-state index contributed by atoms with van der Waals surface area (Å²) in [4.78, 5) is 26.8. The van der Waals surface area contributed by atoms with Crippen molar-refractivity contribution in [3.8, 4) is 0 Å². The Morgan fingerprint density at radius 1 is 0.933 bits per heavy atom. The first-order valence-corrected chi connectivity index (χ1v) is 9.74. The van der Waals surface area contributed by atoms with Crippen LogP contribution in [0.15, 0.2) is 82.8 Å². The molecule has 1 heterocycles. The van der Waals surface area contributed by atoms with E-state index in [1.807, 2.05) is 0 Å². The lowest BCUT2D eigenvalue weighted by Crippen LogP contribution is -2.30. The van der Waals surface area contributed by atoms with E-state index >= 15 is 0 Å². The zero-order chi connectivity index (χ0) is 21.4. The number of anilines is 1. The summed E-state index contributed by atoms with van der Waals surface area (Å²) in [6.45, 7) is 0. The lowest BCUT2D eigenvalue weighted by Gasteiger charge is -2.25. The SMILES string of the molecule is O=C1C(=O)N(c2ccc(F)cc2F)C(c2ccccc2)/C1=C(\O)c1ccc(Br)cc1. The molecule has 1 aliphatic heterocycles. The minimum atomic E-state index is -1.07. The minimum Gasteiger partial charge on any atom is -0.507 e. The molecule has 0 saturated carbocycles. The lowest BCUT2D eigenvalue weighted by molar-refractivity contribution is -0.132. The first-order valence-electron chi connectivity index (χ1n) is 8.95. The van der Waals surface area contributed by atoms with Crippen molar-refractivity contribution in [3.05, 3.63) is 106 Å². The zero-order valence-electron chi connectivity index (χ0n) is 15.4. The zero-order valence-corrected chi connectivity index (χ0v) is 16.9. The number of rotatable bonds is 3. The average molecular weight is 470 g/mol. The third-order valence-corrected chi connectivity index (χ3v) is 5.38. The van der Waals surface area contributed by atoms with E-state index in [1.165, 1.54) is 0 Å². The van der Waals surface area contributed by atoms with Gasteiger partial charge in [-0.05, 0) is 29.8 Å². The number of hydrogen-bond acceptors (Lipinski definition) is 3. The van der Waals surface area contributed by atoms with E-state index in [-0.39, 0.29) is 17.0 Å². The van der Waals surface area contributed by atoms with Gasteiger partial charge in [-0.15, -0.1) is 0 Å². The summed E-state index contributed by atoms with van der Waals surface area (Å²) < 4.78 is 28.8. The first-order chi connectivity index (χ1) is 14.4. The van der Waals surface area contributed by atoms with Gasteiger partial charge in [0.1, 0.15) is 17.4 Å². The molecule has 150 valence electrons. The van der Waals surface area contributed by atoms with Gasteiger partial charge in [-0.25, -0.2) is 8.78 Å². The van der Waals surface area contributed by atoms with Gasteiger partial charge in [-0.1, -0.05) is 58.4 Å². The summed E-state index contributed by atoms with van der Waals surface area (Å²) in [5.41, 5.74) is 0.412. The lowest BCUT2D eigenvalue weighted by atomic mass is 9.95. The number of carbonyl (C=O) groups is 2. The second-order valence-electron chi connectivity index (χ2n) is 6.68. The van der Waals surface area contributed by atoms with Gasteiger partial charge in [-0.3, -0.25) is 14.5 Å². The molecule has 0 radical (unpaired) electrons. The fourth-order valence-electron chi connectivity index (χ4n) is 3.47. The Morgan fingerprint density at radius 2 is 1.60 bits per heavy atom. The monoisotopic (exact) mass is 469 g/mol. The molecule has 1 saturated heterocycles. The Bertz CT molecular complexity index is 1180. The van der Waals surface area contributed by atoms with Crippen molar-refractivity contribution in [1.29, 1.82) is 0 Å². The van der Waals surface area contributed by atoms with Crippen LogP contribution in [0.25, 0.3) is 5.76 Å². The number of carbonyl (C=O) groups excluding carboxylic acids is 2. The van der Waals surface area contributed by atoms with Gasteiger partial charge in [0.2, 0.25) is 0 Å². The molecule has 0 bridgehead atoms. The van der Waals surface area contributed by atoms with Crippen LogP contribution in [-0.4, -0.2) is 16.8 Å². The highest BCUT2D eigenvalue weighted by Gasteiger charge is 2.47. The van der Waals surface area contributed by atoms with Crippen LogP contribution in [0.3, 0.4) is 0 Å². The molecular weight excluding hydrogens is 456 g/mol. The third-order valence-electron chi connectivity index (χ3n) is 4.85. The summed E-state index contributed by atoms with van der Waals surface area (Å²) in [6.07, 6.45) is 0. The van der Waals surface area contributed by atoms with Crippen molar-refractivity contribution in [2.75, 3.05) is 4.90 Å². The molecule has 30 heavy (non-hydrogen) atoms. The molecule has 4 rings (SSSR count). The number of aliphatic hydroxyl groups excluding tert-OH is 1. The fraction of sp³-hybridized carbons (Fsp3) is 0.0435. The summed E-state index contributed by atoms with van der Waals surface area (Å²) in [6, 6.07) is 16.7. The molecule has 3 aromatic carbocycles. The molecular formula is C23H14BrF2NO3. The van der Waals surface area contributed by atoms with Gasteiger partial charge in [0.15, 0.2) is 0 Å². The van der Waals surface area contributed by atoms with Crippen LogP contribution in [0.2, 0.25) is 0 Å². The molecule has 1 fully saturated rings. The maximum Gasteiger partial charge on any atom is 0.300 e. The number of benzene rings is 3. The van der Waals surface area contributed by atoms with Crippen molar-refractivity contribution in [3.63, 3.8) is 0 Å². The average Bonchev–Trinajstić information content (AvgIpc) is 3.00. The van der Waals surface area contributed by atoms with E-state index in [4.69, 9.17) is 0 Å². The van der Waals surface area contributed by atoms with Crippen LogP contribution in [0, 0.1) is 11.6 Å². The van der Waals surface area contributed by atoms with Gasteiger partial charge in [0.05, 0.1) is 17.3 Å². The number of nitrogens with zero attached hydrogens (tertiary/aromatic N) is 1. The fourth-order valence-corrected chi connectivity index (χ4v) is 3.74. The van der Waals surface area contributed by atoms with Crippen molar-refractivity contribution in [1.82, 2.24) is 0 Å². The summed E-state index contributed by atoms with van der Waals surface area (Å²) in [7, 11) is 0. The Kier molecular flexibility index (Phi) is 5.22. The predicted molar refractivity (Wildman–Crippen MR) is 112 cm³/mol. The summed E-state index contributed by atoms with van der Waals surface area (Å²) >= 11 is 3.30. The molecule has 4 nitrogen and oxygen atoms in total. The van der Waals surface area contributed by atoms with Crippen LogP contribution in [-0.2, 0) is 9.59 Å². The number of hydrogen-bond donors (Lipinski definition) is 1. The van der Waals surface area contributed by atoms with Crippen molar-refractivity contribution < 1.29 is 23.5 Å². The van der Waals surface area contributed by atoms with E-state index < -0.39 is 29.4 Å². The molecule has 1 atom stereocenters. The number of aliphatic hydroxyl groups is 1. The second-order valence-corrected chi connectivity index (χ2v) is 7.60. The summed E-state index contributed by atoms with van der Waals surface area (Å²) in [5.74, 6) is -4.12. The first kappa shape index (κ1) is 20.0. The van der Waals surface area contributed by atoms with E-state index in [1.54, 1.807) is 54.6 Å². The molecule has 0 aliphatic carbocycles. The summed E-state index contributed by atoms with van der Waals surface area (Å²) in [5, 5.41) is 10.9. The number of halogens is 3. The van der Waals surface area contributed by atoms with Crippen LogP contribution in [0.5, 0.6) is 0 Å². The maximum atomic E-state index is 14.6. The Hall–Kier alpha value is -3.32. The Labute approximate surface area is 179 Å². The van der Waals surface area contributed by atoms with Gasteiger partial charge >= 0.3 is 0 Å². The van der Waals surface area contributed by atoms with Gasteiger partial charge in [0.25, 0.3) is 11.7 Å². The van der Waals surface area contributed by atoms with E-state index in [0.717, 1.165) is 21.5 Å². The molecule has 1 amide bonds. The molecule has 3 aromatic rings. The van der Waals surface area contributed by atoms with Crippen LogP contribution in [0.1, 0.15) is 17.2 Å². The smallest absolute Gasteiger partial charge is 0.300 e. The van der Waals surface area contributed by atoms with Crippen molar-refractivity contribution >= 4 is 39.1 Å². The highest BCUT2D eigenvalue weighted by atomic mass is 79.9. The number of ketones is 1. The number of amides is 1.